The highest BCUT2D eigenvalue weighted by atomic mass is 32.2. The Labute approximate surface area is 149 Å². The van der Waals surface area contributed by atoms with Crippen molar-refractivity contribution < 1.29 is 24.2 Å². The summed E-state index contributed by atoms with van der Waals surface area (Å²) in [7, 11) is 0. The summed E-state index contributed by atoms with van der Waals surface area (Å²) in [6.45, 7) is 2.27. The van der Waals surface area contributed by atoms with Crippen LogP contribution in [-0.4, -0.2) is 28.9 Å². The standard InChI is InChI=1S/C18H17NO5S/c1-2-11-24-17(22)12-7-9-13(10-8-12)19-18(23)25-15-6-4-3-5-14(15)16(20)21/h3-10H,2,11H2,1H3,(H,19,23)(H,20,21). The molecule has 0 bridgehead atoms. The fraction of sp³-hybridized carbons (Fsp3) is 0.167. The van der Waals surface area contributed by atoms with E-state index in [2.05, 4.69) is 5.32 Å². The molecule has 1 amide bonds. The highest BCUT2D eigenvalue weighted by molar-refractivity contribution is 8.14. The van der Waals surface area contributed by atoms with Crippen LogP contribution in [0.2, 0.25) is 0 Å². The third kappa shape index (κ3) is 5.36. The van der Waals surface area contributed by atoms with Crippen molar-refractivity contribution in [3.63, 3.8) is 0 Å². The molecule has 7 heteroatoms. The number of aromatic carboxylic acids is 1. The molecule has 130 valence electrons. The highest BCUT2D eigenvalue weighted by Gasteiger charge is 2.14. The van der Waals surface area contributed by atoms with Gasteiger partial charge in [-0.05, 0) is 54.6 Å². The van der Waals surface area contributed by atoms with Crippen molar-refractivity contribution >= 4 is 34.6 Å². The van der Waals surface area contributed by atoms with Gasteiger partial charge in [0.25, 0.3) is 5.24 Å². The molecule has 0 saturated heterocycles. The molecule has 25 heavy (non-hydrogen) atoms. The number of ether oxygens (including phenoxy) is 1. The van der Waals surface area contributed by atoms with E-state index in [1.807, 2.05) is 6.92 Å². The summed E-state index contributed by atoms with van der Waals surface area (Å²) in [5, 5.41) is 11.3. The van der Waals surface area contributed by atoms with Crippen LogP contribution in [0.15, 0.2) is 53.4 Å². The normalized spacial score (nSPS) is 10.1. The van der Waals surface area contributed by atoms with Gasteiger partial charge >= 0.3 is 11.9 Å². The van der Waals surface area contributed by atoms with Gasteiger partial charge in [-0.3, -0.25) is 4.79 Å². The zero-order valence-corrected chi connectivity index (χ0v) is 14.3. The lowest BCUT2D eigenvalue weighted by atomic mass is 10.2. The largest absolute Gasteiger partial charge is 0.478 e. The third-order valence-corrected chi connectivity index (χ3v) is 3.99. The number of carboxylic acids is 1. The molecule has 0 aliphatic rings. The van der Waals surface area contributed by atoms with E-state index in [0.29, 0.717) is 22.8 Å². The molecule has 2 aromatic carbocycles. The van der Waals surface area contributed by atoms with Crippen LogP contribution in [0.5, 0.6) is 0 Å². The average molecular weight is 359 g/mol. The summed E-state index contributed by atoms with van der Waals surface area (Å²) in [5.41, 5.74) is 0.962. The summed E-state index contributed by atoms with van der Waals surface area (Å²) in [6, 6.07) is 12.6. The van der Waals surface area contributed by atoms with Crippen molar-refractivity contribution in [2.24, 2.45) is 0 Å². The SMILES string of the molecule is CCCOC(=O)c1ccc(NC(=O)Sc2ccccc2C(=O)O)cc1. The maximum Gasteiger partial charge on any atom is 0.338 e. The topological polar surface area (TPSA) is 92.7 Å². The van der Waals surface area contributed by atoms with E-state index >= 15 is 0 Å². The third-order valence-electron chi connectivity index (χ3n) is 3.12. The summed E-state index contributed by atoms with van der Waals surface area (Å²) in [4.78, 5) is 35.3. The number of amides is 1. The Hall–Kier alpha value is -2.80. The van der Waals surface area contributed by atoms with E-state index in [1.54, 1.807) is 42.5 Å². The molecule has 0 atom stereocenters. The van der Waals surface area contributed by atoms with Crippen molar-refractivity contribution in [2.45, 2.75) is 18.2 Å². The number of nitrogens with one attached hydrogen (secondary N) is 1. The lowest BCUT2D eigenvalue weighted by Gasteiger charge is -2.08. The molecule has 0 fully saturated rings. The molecular formula is C18H17NO5S. The van der Waals surface area contributed by atoms with Crippen molar-refractivity contribution in [3.05, 3.63) is 59.7 Å². The van der Waals surface area contributed by atoms with Crippen molar-refractivity contribution in [1.82, 2.24) is 0 Å². The second-order valence-electron chi connectivity index (χ2n) is 5.03. The van der Waals surface area contributed by atoms with E-state index in [9.17, 15) is 14.4 Å². The van der Waals surface area contributed by atoms with Gasteiger partial charge in [0, 0.05) is 10.6 Å². The minimum atomic E-state index is -1.09. The van der Waals surface area contributed by atoms with Crippen molar-refractivity contribution in [3.8, 4) is 0 Å². The first-order chi connectivity index (χ1) is 12.0. The Morgan fingerprint density at radius 1 is 1.08 bits per heavy atom. The molecule has 0 unspecified atom stereocenters. The molecule has 0 aromatic heterocycles. The number of rotatable bonds is 6. The van der Waals surface area contributed by atoms with Gasteiger partial charge in [0.15, 0.2) is 0 Å². The fourth-order valence-electron chi connectivity index (χ4n) is 1.94. The quantitative estimate of drug-likeness (QED) is 0.591. The van der Waals surface area contributed by atoms with Crippen molar-refractivity contribution in [2.75, 3.05) is 11.9 Å². The van der Waals surface area contributed by atoms with Gasteiger partial charge in [-0.2, -0.15) is 0 Å². The Morgan fingerprint density at radius 2 is 1.76 bits per heavy atom. The average Bonchev–Trinajstić information content (AvgIpc) is 2.60. The van der Waals surface area contributed by atoms with Gasteiger partial charge in [-0.1, -0.05) is 19.1 Å². The van der Waals surface area contributed by atoms with Crippen molar-refractivity contribution in [1.29, 1.82) is 0 Å². The number of carbonyl (C=O) groups excluding carboxylic acids is 2. The Morgan fingerprint density at radius 3 is 2.40 bits per heavy atom. The van der Waals surface area contributed by atoms with Crippen LogP contribution >= 0.6 is 11.8 Å². The molecule has 2 N–H and O–H groups in total. The summed E-state index contributed by atoms with van der Waals surface area (Å²) in [6.07, 6.45) is 0.745. The minimum Gasteiger partial charge on any atom is -0.478 e. The fourth-order valence-corrected chi connectivity index (χ4v) is 2.72. The van der Waals surface area contributed by atoms with Crippen LogP contribution in [0.3, 0.4) is 0 Å². The first-order valence-corrected chi connectivity index (χ1v) is 8.41. The lowest BCUT2D eigenvalue weighted by Crippen LogP contribution is -2.08. The van der Waals surface area contributed by atoms with Crippen LogP contribution in [0.1, 0.15) is 34.1 Å². The Bertz CT molecular complexity index is 773. The Balaban J connectivity index is 1.99. The van der Waals surface area contributed by atoms with Crippen LogP contribution in [0.25, 0.3) is 0 Å². The number of hydrogen-bond donors (Lipinski definition) is 2. The van der Waals surface area contributed by atoms with Crippen LogP contribution in [0, 0.1) is 0 Å². The van der Waals surface area contributed by atoms with Gasteiger partial charge in [0.2, 0.25) is 0 Å². The van der Waals surface area contributed by atoms with Crippen LogP contribution in [0.4, 0.5) is 10.5 Å². The van der Waals surface area contributed by atoms with E-state index in [-0.39, 0.29) is 5.56 Å². The predicted octanol–water partition coefficient (Wildman–Crippen LogP) is 4.28. The van der Waals surface area contributed by atoms with E-state index in [4.69, 9.17) is 9.84 Å². The summed E-state index contributed by atoms with van der Waals surface area (Å²) < 4.78 is 5.03. The molecule has 0 heterocycles. The zero-order chi connectivity index (χ0) is 18.2. The Kier molecular flexibility index (Phi) is 6.59. The second kappa shape index (κ2) is 8.89. The maximum atomic E-state index is 12.1. The highest BCUT2D eigenvalue weighted by Crippen LogP contribution is 2.25. The maximum absolute atomic E-state index is 12.1. The number of carboxylic acid groups (broad SMARTS) is 1. The van der Waals surface area contributed by atoms with Crippen LogP contribution in [-0.2, 0) is 4.74 Å². The monoisotopic (exact) mass is 359 g/mol. The molecule has 0 spiro atoms. The first-order valence-electron chi connectivity index (χ1n) is 7.59. The van der Waals surface area contributed by atoms with Crippen LogP contribution < -0.4 is 5.32 Å². The number of thioether (sulfide) groups is 1. The molecular weight excluding hydrogens is 342 g/mol. The molecule has 2 aromatic rings. The summed E-state index contributed by atoms with van der Waals surface area (Å²) >= 11 is 0.793. The van der Waals surface area contributed by atoms with E-state index in [1.165, 1.54) is 6.07 Å². The smallest absolute Gasteiger partial charge is 0.338 e. The minimum absolute atomic E-state index is 0.0664. The molecule has 0 saturated carbocycles. The number of anilines is 1. The van der Waals surface area contributed by atoms with Gasteiger partial charge in [0.1, 0.15) is 0 Å². The van der Waals surface area contributed by atoms with Gasteiger partial charge in [0.05, 0.1) is 17.7 Å². The van der Waals surface area contributed by atoms with Gasteiger partial charge < -0.3 is 15.2 Å². The summed E-state index contributed by atoms with van der Waals surface area (Å²) in [5.74, 6) is -1.50. The number of carbonyl (C=O) groups is 3. The predicted molar refractivity (Wildman–Crippen MR) is 95.3 cm³/mol. The van der Waals surface area contributed by atoms with Gasteiger partial charge in [-0.25, -0.2) is 9.59 Å². The number of esters is 1. The van der Waals surface area contributed by atoms with E-state index in [0.717, 1.165) is 18.2 Å². The molecule has 0 aliphatic heterocycles. The number of benzene rings is 2. The van der Waals surface area contributed by atoms with E-state index < -0.39 is 17.2 Å². The second-order valence-corrected chi connectivity index (χ2v) is 6.04. The first kappa shape index (κ1) is 18.5. The molecule has 2 rings (SSSR count). The number of hydrogen-bond acceptors (Lipinski definition) is 5. The lowest BCUT2D eigenvalue weighted by molar-refractivity contribution is 0.0504. The zero-order valence-electron chi connectivity index (χ0n) is 13.5. The molecule has 0 radical (unpaired) electrons. The molecule has 6 nitrogen and oxygen atoms in total. The van der Waals surface area contributed by atoms with Gasteiger partial charge in [-0.15, -0.1) is 0 Å². The molecule has 0 aliphatic carbocycles.